The van der Waals surface area contributed by atoms with Crippen molar-refractivity contribution in [3.05, 3.63) is 137 Å². The van der Waals surface area contributed by atoms with E-state index in [4.69, 9.17) is 0 Å². The summed E-state index contributed by atoms with van der Waals surface area (Å²) in [6.07, 6.45) is 0.678. The minimum atomic E-state index is -0.409. The van der Waals surface area contributed by atoms with Crippen molar-refractivity contribution < 1.29 is 14.4 Å². The van der Waals surface area contributed by atoms with E-state index in [1.54, 1.807) is 42.5 Å². The number of nitrogens with one attached hydrogen (secondary N) is 1. The SMILES string of the molecule is O=C1c2ccccc2C(=O)c2c(NC(=O)[C@H]3CC3(c3ccccc3)c3ccccc3)cccc21. The lowest BCUT2D eigenvalue weighted by atomic mass is 9.83. The maximum absolute atomic E-state index is 13.5. The van der Waals surface area contributed by atoms with E-state index >= 15 is 0 Å². The Labute approximate surface area is 197 Å². The van der Waals surface area contributed by atoms with Crippen LogP contribution in [-0.2, 0) is 10.2 Å². The summed E-state index contributed by atoms with van der Waals surface area (Å²) in [6.45, 7) is 0. The van der Waals surface area contributed by atoms with Gasteiger partial charge < -0.3 is 5.32 Å². The highest BCUT2D eigenvalue weighted by atomic mass is 16.2. The highest BCUT2D eigenvalue weighted by Crippen LogP contribution is 2.59. The molecular formula is C30H21NO3. The van der Waals surface area contributed by atoms with Crippen LogP contribution in [0, 0.1) is 5.92 Å². The molecule has 1 fully saturated rings. The molecule has 0 saturated heterocycles. The minimum absolute atomic E-state index is 0.153. The van der Waals surface area contributed by atoms with Crippen molar-refractivity contribution in [1.29, 1.82) is 0 Å². The molecule has 0 bridgehead atoms. The zero-order valence-corrected chi connectivity index (χ0v) is 18.3. The molecular weight excluding hydrogens is 422 g/mol. The Morgan fingerprint density at radius 1 is 0.647 bits per heavy atom. The van der Waals surface area contributed by atoms with Gasteiger partial charge in [0.25, 0.3) is 0 Å². The van der Waals surface area contributed by atoms with Crippen LogP contribution in [0.5, 0.6) is 0 Å². The Bertz CT molecular complexity index is 1420. The van der Waals surface area contributed by atoms with Gasteiger partial charge in [-0.1, -0.05) is 97.1 Å². The van der Waals surface area contributed by atoms with Crippen LogP contribution in [0.4, 0.5) is 5.69 Å². The second kappa shape index (κ2) is 7.63. The summed E-state index contributed by atoms with van der Waals surface area (Å²) in [5, 5.41) is 3.00. The smallest absolute Gasteiger partial charge is 0.228 e. The standard InChI is InChI=1S/C30H21NO3/c32-27-21-14-7-8-15-22(21)28(33)26-23(27)16-9-17-25(26)31-29(34)24-18-30(24,19-10-3-1-4-11-19)20-12-5-2-6-13-20/h1-17,24H,18H2,(H,31,34)/t24-/m1/s1. The molecule has 1 saturated carbocycles. The van der Waals surface area contributed by atoms with Crippen molar-refractivity contribution in [3.63, 3.8) is 0 Å². The summed E-state index contributed by atoms with van der Waals surface area (Å²) < 4.78 is 0. The second-order valence-electron chi connectivity index (χ2n) is 8.88. The Hall–Kier alpha value is -4.31. The Morgan fingerprint density at radius 3 is 1.79 bits per heavy atom. The highest BCUT2D eigenvalue weighted by molar-refractivity contribution is 6.30. The Kier molecular flexibility index (Phi) is 4.56. The maximum atomic E-state index is 13.5. The first kappa shape index (κ1) is 20.3. The normalized spacial score (nSPS) is 17.5. The van der Waals surface area contributed by atoms with E-state index in [1.165, 1.54) is 0 Å². The van der Waals surface area contributed by atoms with E-state index < -0.39 is 5.41 Å². The molecule has 4 heteroatoms. The summed E-state index contributed by atoms with van der Waals surface area (Å²) in [5.41, 5.74) is 3.53. The highest BCUT2D eigenvalue weighted by Gasteiger charge is 2.60. The van der Waals surface area contributed by atoms with Crippen molar-refractivity contribution in [1.82, 2.24) is 0 Å². The predicted octanol–water partition coefficient (Wildman–Crippen LogP) is 5.41. The predicted molar refractivity (Wildman–Crippen MR) is 130 cm³/mol. The van der Waals surface area contributed by atoms with Crippen LogP contribution in [0.1, 0.15) is 49.4 Å². The van der Waals surface area contributed by atoms with E-state index in [2.05, 4.69) is 29.6 Å². The third-order valence-corrected chi connectivity index (χ3v) is 7.07. The molecule has 2 aliphatic carbocycles. The average Bonchev–Trinajstić information content (AvgIpc) is 3.66. The Morgan fingerprint density at radius 2 is 1.18 bits per heavy atom. The average molecular weight is 444 g/mol. The molecule has 4 aromatic rings. The molecule has 34 heavy (non-hydrogen) atoms. The molecule has 164 valence electrons. The lowest BCUT2D eigenvalue weighted by molar-refractivity contribution is -0.117. The number of hydrogen-bond acceptors (Lipinski definition) is 3. The third kappa shape index (κ3) is 2.96. The number of ketones is 2. The first-order valence-corrected chi connectivity index (χ1v) is 11.3. The fraction of sp³-hybridized carbons (Fsp3) is 0.100. The minimum Gasteiger partial charge on any atom is -0.325 e. The number of carbonyl (C=O) groups excluding carboxylic acids is 3. The summed E-state index contributed by atoms with van der Waals surface area (Å²) >= 11 is 0. The second-order valence-corrected chi connectivity index (χ2v) is 8.88. The molecule has 4 aromatic carbocycles. The van der Waals surface area contributed by atoms with Gasteiger partial charge in [-0.25, -0.2) is 0 Å². The van der Waals surface area contributed by atoms with Crippen LogP contribution >= 0.6 is 0 Å². The molecule has 0 aliphatic heterocycles. The molecule has 1 N–H and O–H groups in total. The molecule has 0 radical (unpaired) electrons. The Balaban J connectivity index is 1.37. The number of fused-ring (bicyclic) bond motifs is 2. The fourth-order valence-corrected chi connectivity index (χ4v) is 5.32. The fourth-order valence-electron chi connectivity index (χ4n) is 5.32. The van der Waals surface area contributed by atoms with Crippen LogP contribution in [0.15, 0.2) is 103 Å². The molecule has 2 aliphatic rings. The summed E-state index contributed by atoms with van der Waals surface area (Å²) in [4.78, 5) is 39.9. The van der Waals surface area contributed by atoms with Gasteiger partial charge in [-0.2, -0.15) is 0 Å². The van der Waals surface area contributed by atoms with E-state index in [0.717, 1.165) is 11.1 Å². The van der Waals surface area contributed by atoms with Gasteiger partial charge in [0.1, 0.15) is 0 Å². The van der Waals surface area contributed by atoms with Crippen molar-refractivity contribution in [2.24, 2.45) is 5.92 Å². The molecule has 6 rings (SSSR count). The zero-order valence-electron chi connectivity index (χ0n) is 18.3. The van der Waals surface area contributed by atoms with Crippen LogP contribution in [0.3, 0.4) is 0 Å². The van der Waals surface area contributed by atoms with Crippen molar-refractivity contribution in [3.8, 4) is 0 Å². The van der Waals surface area contributed by atoms with Crippen molar-refractivity contribution >= 4 is 23.2 Å². The number of anilines is 1. The quantitative estimate of drug-likeness (QED) is 0.404. The van der Waals surface area contributed by atoms with E-state index in [1.807, 2.05) is 36.4 Å². The van der Waals surface area contributed by atoms with E-state index in [-0.39, 0.29) is 29.0 Å². The van der Waals surface area contributed by atoms with E-state index in [9.17, 15) is 14.4 Å². The van der Waals surface area contributed by atoms with Gasteiger partial charge in [-0.15, -0.1) is 0 Å². The molecule has 0 heterocycles. The molecule has 4 nitrogen and oxygen atoms in total. The largest absolute Gasteiger partial charge is 0.325 e. The lowest BCUT2D eigenvalue weighted by Gasteiger charge is -2.21. The van der Waals surface area contributed by atoms with Gasteiger partial charge in [0, 0.05) is 22.1 Å². The first-order chi connectivity index (χ1) is 16.6. The first-order valence-electron chi connectivity index (χ1n) is 11.3. The van der Waals surface area contributed by atoms with Crippen molar-refractivity contribution in [2.75, 3.05) is 5.32 Å². The molecule has 0 aromatic heterocycles. The summed E-state index contributed by atoms with van der Waals surface area (Å²) in [6, 6.07) is 32.0. The third-order valence-electron chi connectivity index (χ3n) is 7.07. The van der Waals surface area contributed by atoms with Crippen LogP contribution in [0.25, 0.3) is 0 Å². The van der Waals surface area contributed by atoms with Gasteiger partial charge in [0.2, 0.25) is 5.91 Å². The topological polar surface area (TPSA) is 63.2 Å². The van der Waals surface area contributed by atoms with Crippen LogP contribution < -0.4 is 5.32 Å². The molecule has 0 spiro atoms. The molecule has 1 amide bonds. The van der Waals surface area contributed by atoms with E-state index in [0.29, 0.717) is 28.8 Å². The van der Waals surface area contributed by atoms with Crippen LogP contribution in [0.2, 0.25) is 0 Å². The molecule has 0 unspecified atom stereocenters. The van der Waals surface area contributed by atoms with Crippen molar-refractivity contribution in [2.45, 2.75) is 11.8 Å². The monoisotopic (exact) mass is 443 g/mol. The summed E-state index contributed by atoms with van der Waals surface area (Å²) in [5.74, 6) is -0.875. The number of amides is 1. The van der Waals surface area contributed by atoms with Gasteiger partial charge in [0.15, 0.2) is 11.6 Å². The molecule has 1 atom stereocenters. The van der Waals surface area contributed by atoms with Crippen LogP contribution in [-0.4, -0.2) is 17.5 Å². The zero-order chi connectivity index (χ0) is 23.3. The summed E-state index contributed by atoms with van der Waals surface area (Å²) in [7, 11) is 0. The van der Waals surface area contributed by atoms with Gasteiger partial charge in [0.05, 0.1) is 17.2 Å². The maximum Gasteiger partial charge on any atom is 0.228 e. The number of rotatable bonds is 4. The van der Waals surface area contributed by atoms with Gasteiger partial charge in [-0.3, -0.25) is 14.4 Å². The van der Waals surface area contributed by atoms with Gasteiger partial charge >= 0.3 is 0 Å². The number of carbonyl (C=O) groups is 3. The lowest BCUT2D eigenvalue weighted by Crippen LogP contribution is -2.26. The number of benzene rings is 4. The number of hydrogen-bond donors (Lipinski definition) is 1. The van der Waals surface area contributed by atoms with Gasteiger partial charge in [-0.05, 0) is 23.6 Å².